The summed E-state index contributed by atoms with van der Waals surface area (Å²) in [6, 6.07) is 0. The Morgan fingerprint density at radius 3 is 2.77 bits per heavy atom. The SMILES string of the molecule is CC1(C(=O)N2CCc3nc(C(N)=O)sc3CC2)CC=CCC1. The van der Waals surface area contributed by atoms with Crippen molar-refractivity contribution in [2.45, 2.75) is 39.0 Å². The fraction of sp³-hybridized carbons (Fsp3) is 0.562. The number of carbonyl (C=O) groups excluding carboxylic acids is 2. The Hall–Kier alpha value is -1.69. The van der Waals surface area contributed by atoms with Gasteiger partial charge in [0.1, 0.15) is 0 Å². The molecule has 3 rings (SSSR count). The molecule has 22 heavy (non-hydrogen) atoms. The lowest BCUT2D eigenvalue weighted by Crippen LogP contribution is -2.44. The summed E-state index contributed by atoms with van der Waals surface area (Å²) in [6.45, 7) is 3.45. The lowest BCUT2D eigenvalue weighted by atomic mass is 9.77. The van der Waals surface area contributed by atoms with Gasteiger partial charge in [0, 0.05) is 30.8 Å². The van der Waals surface area contributed by atoms with Crippen LogP contribution in [0.1, 0.15) is 46.6 Å². The van der Waals surface area contributed by atoms with E-state index in [-0.39, 0.29) is 11.3 Å². The van der Waals surface area contributed by atoms with E-state index in [9.17, 15) is 9.59 Å². The van der Waals surface area contributed by atoms with E-state index in [1.165, 1.54) is 11.3 Å². The van der Waals surface area contributed by atoms with Crippen LogP contribution in [0.15, 0.2) is 12.2 Å². The van der Waals surface area contributed by atoms with Gasteiger partial charge in [-0.2, -0.15) is 0 Å². The molecule has 6 heteroatoms. The van der Waals surface area contributed by atoms with Crippen LogP contribution in [-0.2, 0) is 17.6 Å². The number of amides is 2. The molecule has 0 bridgehead atoms. The molecule has 1 aromatic rings. The Morgan fingerprint density at radius 1 is 1.32 bits per heavy atom. The van der Waals surface area contributed by atoms with Gasteiger partial charge in [-0.15, -0.1) is 11.3 Å². The lowest BCUT2D eigenvalue weighted by molar-refractivity contribution is -0.141. The summed E-state index contributed by atoms with van der Waals surface area (Å²) in [6.07, 6.45) is 8.47. The third-order valence-corrected chi connectivity index (χ3v) is 5.79. The molecule has 1 aliphatic carbocycles. The van der Waals surface area contributed by atoms with E-state index in [1.807, 2.05) is 4.90 Å². The zero-order chi connectivity index (χ0) is 15.7. The van der Waals surface area contributed by atoms with Crippen LogP contribution >= 0.6 is 11.3 Å². The van der Waals surface area contributed by atoms with Gasteiger partial charge in [0.05, 0.1) is 11.1 Å². The van der Waals surface area contributed by atoms with Crippen LogP contribution in [-0.4, -0.2) is 34.8 Å². The number of hydrogen-bond donors (Lipinski definition) is 1. The number of hydrogen-bond acceptors (Lipinski definition) is 4. The molecule has 1 atom stereocenters. The Labute approximate surface area is 134 Å². The minimum atomic E-state index is -0.465. The number of primary amides is 1. The molecule has 0 saturated heterocycles. The Balaban J connectivity index is 1.72. The number of nitrogens with zero attached hydrogens (tertiary/aromatic N) is 2. The second kappa shape index (κ2) is 5.83. The van der Waals surface area contributed by atoms with Crippen molar-refractivity contribution in [1.29, 1.82) is 0 Å². The fourth-order valence-corrected chi connectivity index (χ4v) is 4.16. The van der Waals surface area contributed by atoms with Crippen molar-refractivity contribution in [2.24, 2.45) is 11.1 Å². The van der Waals surface area contributed by atoms with Crippen molar-refractivity contribution in [1.82, 2.24) is 9.88 Å². The van der Waals surface area contributed by atoms with Gasteiger partial charge in [-0.05, 0) is 19.3 Å². The highest BCUT2D eigenvalue weighted by Gasteiger charge is 2.37. The first-order valence-corrected chi connectivity index (χ1v) is 8.54. The van der Waals surface area contributed by atoms with E-state index in [0.717, 1.165) is 36.3 Å². The topological polar surface area (TPSA) is 76.3 Å². The average molecular weight is 319 g/mol. The largest absolute Gasteiger partial charge is 0.364 e. The summed E-state index contributed by atoms with van der Waals surface area (Å²) in [4.78, 5) is 31.5. The molecule has 1 aromatic heterocycles. The van der Waals surface area contributed by atoms with E-state index < -0.39 is 5.91 Å². The van der Waals surface area contributed by atoms with Crippen LogP contribution in [0, 0.1) is 5.41 Å². The van der Waals surface area contributed by atoms with Crippen LogP contribution in [0.4, 0.5) is 0 Å². The number of rotatable bonds is 2. The number of carbonyl (C=O) groups is 2. The van der Waals surface area contributed by atoms with E-state index in [0.29, 0.717) is 24.5 Å². The first-order valence-electron chi connectivity index (χ1n) is 7.72. The minimum absolute atomic E-state index is 0.252. The molecule has 0 spiro atoms. The van der Waals surface area contributed by atoms with Crippen LogP contribution in [0.25, 0.3) is 0 Å². The standard InChI is InChI=1S/C16H21N3O2S/c1-16(7-3-2-4-8-16)15(21)19-9-5-11-12(6-10-19)22-14(18-11)13(17)20/h2-3H,4-10H2,1H3,(H2,17,20). The third-order valence-electron chi connectivity index (χ3n) is 4.62. The van der Waals surface area contributed by atoms with Crippen LogP contribution < -0.4 is 5.73 Å². The number of allylic oxidation sites excluding steroid dienone is 2. The summed E-state index contributed by atoms with van der Waals surface area (Å²) in [7, 11) is 0. The quantitative estimate of drug-likeness (QED) is 0.846. The minimum Gasteiger partial charge on any atom is -0.364 e. The maximum Gasteiger partial charge on any atom is 0.277 e. The number of aromatic nitrogens is 1. The molecule has 0 radical (unpaired) electrons. The fourth-order valence-electron chi connectivity index (χ4n) is 3.21. The molecular formula is C16H21N3O2S. The van der Waals surface area contributed by atoms with Crippen molar-refractivity contribution in [3.8, 4) is 0 Å². The monoisotopic (exact) mass is 319 g/mol. The molecule has 1 unspecified atom stereocenters. The van der Waals surface area contributed by atoms with Gasteiger partial charge < -0.3 is 10.6 Å². The van der Waals surface area contributed by atoms with E-state index >= 15 is 0 Å². The van der Waals surface area contributed by atoms with Gasteiger partial charge >= 0.3 is 0 Å². The third kappa shape index (κ3) is 2.79. The summed E-state index contributed by atoms with van der Waals surface area (Å²) in [5, 5.41) is 0.383. The predicted molar refractivity (Wildman–Crippen MR) is 85.7 cm³/mol. The van der Waals surface area contributed by atoms with E-state index in [1.54, 1.807) is 0 Å². The van der Waals surface area contributed by atoms with Crippen molar-refractivity contribution in [2.75, 3.05) is 13.1 Å². The van der Waals surface area contributed by atoms with Crippen LogP contribution in [0.2, 0.25) is 0 Å². The van der Waals surface area contributed by atoms with Gasteiger partial charge in [0.15, 0.2) is 5.01 Å². The molecule has 0 fully saturated rings. The zero-order valence-electron chi connectivity index (χ0n) is 12.8. The molecule has 0 saturated carbocycles. The van der Waals surface area contributed by atoms with Gasteiger partial charge in [-0.1, -0.05) is 19.1 Å². The van der Waals surface area contributed by atoms with Gasteiger partial charge in [0.2, 0.25) is 5.91 Å². The molecule has 2 aliphatic rings. The summed E-state index contributed by atoms with van der Waals surface area (Å²) in [5.41, 5.74) is 5.96. The number of fused-ring (bicyclic) bond motifs is 1. The predicted octanol–water partition coefficient (Wildman–Crippen LogP) is 1.92. The summed E-state index contributed by atoms with van der Waals surface area (Å²) in [5.74, 6) is -0.213. The molecule has 0 aromatic carbocycles. The first-order chi connectivity index (χ1) is 10.5. The van der Waals surface area contributed by atoms with Gasteiger partial charge in [-0.25, -0.2) is 4.98 Å². The molecule has 2 amide bonds. The highest BCUT2D eigenvalue weighted by Crippen LogP contribution is 2.35. The van der Waals surface area contributed by atoms with Crippen molar-refractivity contribution in [3.05, 3.63) is 27.7 Å². The molecule has 5 nitrogen and oxygen atoms in total. The Bertz CT molecular complexity index is 612. The van der Waals surface area contributed by atoms with Crippen LogP contribution in [0.3, 0.4) is 0 Å². The Kier molecular flexibility index (Phi) is 4.04. The molecule has 2 heterocycles. The number of thiazole rings is 1. The molecule has 1 aliphatic heterocycles. The second-order valence-electron chi connectivity index (χ2n) is 6.32. The highest BCUT2D eigenvalue weighted by atomic mass is 32.1. The smallest absolute Gasteiger partial charge is 0.277 e. The molecular weight excluding hydrogens is 298 g/mol. The first kappa shape index (κ1) is 15.2. The second-order valence-corrected chi connectivity index (χ2v) is 7.40. The zero-order valence-corrected chi connectivity index (χ0v) is 13.6. The van der Waals surface area contributed by atoms with Gasteiger partial charge in [0.25, 0.3) is 5.91 Å². The number of nitrogens with two attached hydrogens (primary N) is 1. The Morgan fingerprint density at radius 2 is 2.09 bits per heavy atom. The van der Waals surface area contributed by atoms with E-state index in [2.05, 4.69) is 24.1 Å². The maximum absolute atomic E-state index is 12.9. The van der Waals surface area contributed by atoms with Crippen molar-refractivity contribution >= 4 is 23.2 Å². The molecule has 118 valence electrons. The van der Waals surface area contributed by atoms with Crippen molar-refractivity contribution in [3.63, 3.8) is 0 Å². The van der Waals surface area contributed by atoms with Crippen LogP contribution in [0.5, 0.6) is 0 Å². The molecule has 2 N–H and O–H groups in total. The lowest BCUT2D eigenvalue weighted by Gasteiger charge is -2.35. The summed E-state index contributed by atoms with van der Waals surface area (Å²) >= 11 is 1.37. The maximum atomic E-state index is 12.9. The average Bonchev–Trinajstić information content (AvgIpc) is 2.82. The normalized spacial score (nSPS) is 24.7. The highest BCUT2D eigenvalue weighted by molar-refractivity contribution is 7.13. The van der Waals surface area contributed by atoms with Gasteiger partial charge in [-0.3, -0.25) is 9.59 Å². The van der Waals surface area contributed by atoms with E-state index in [4.69, 9.17) is 5.73 Å². The van der Waals surface area contributed by atoms with Crippen molar-refractivity contribution < 1.29 is 9.59 Å². The summed E-state index contributed by atoms with van der Waals surface area (Å²) < 4.78 is 0.